The third kappa shape index (κ3) is 5.80. The first kappa shape index (κ1) is 13.9. The van der Waals surface area contributed by atoms with Gasteiger partial charge in [0.05, 0.1) is 24.9 Å². The Morgan fingerprint density at radius 3 is 2.38 bits per heavy atom. The lowest BCUT2D eigenvalue weighted by Gasteiger charge is -2.23. The summed E-state index contributed by atoms with van der Waals surface area (Å²) in [7, 11) is 1.92. The number of hydrogen-bond donors (Lipinski definition) is 2. The molecule has 2 N–H and O–H groups in total. The minimum absolute atomic E-state index is 0.150. The van der Waals surface area contributed by atoms with Crippen molar-refractivity contribution in [2.75, 3.05) is 26.7 Å². The minimum Gasteiger partial charge on any atom is -0.392 e. The molecule has 2 unspecified atom stereocenters. The molecule has 1 fully saturated rings. The molecule has 0 aromatic carbocycles. The zero-order chi connectivity index (χ0) is 12.1. The smallest absolute Gasteiger partial charge is 0.0900 e. The Morgan fingerprint density at radius 2 is 1.88 bits per heavy atom. The van der Waals surface area contributed by atoms with Gasteiger partial charge in [-0.3, -0.25) is 0 Å². The second-order valence-corrected chi connectivity index (χ2v) is 5.16. The van der Waals surface area contributed by atoms with Gasteiger partial charge in [-0.15, -0.1) is 0 Å². The third-order valence-electron chi connectivity index (χ3n) is 2.81. The van der Waals surface area contributed by atoms with E-state index in [0.717, 1.165) is 12.8 Å². The lowest BCUT2D eigenvalue weighted by Crippen LogP contribution is -2.37. The lowest BCUT2D eigenvalue weighted by molar-refractivity contribution is -0.0109. The summed E-state index contributed by atoms with van der Waals surface area (Å²) >= 11 is 0. The number of ether oxygens (including phenoxy) is 1. The molecule has 16 heavy (non-hydrogen) atoms. The van der Waals surface area contributed by atoms with Gasteiger partial charge < -0.3 is 19.8 Å². The molecular formula is C12H25NO3. The van der Waals surface area contributed by atoms with Gasteiger partial charge in [0.1, 0.15) is 0 Å². The van der Waals surface area contributed by atoms with Gasteiger partial charge >= 0.3 is 0 Å². The first-order chi connectivity index (χ1) is 7.49. The normalized spacial score (nSPS) is 20.4. The Kier molecular flexibility index (Phi) is 5.69. The molecule has 1 saturated carbocycles. The Morgan fingerprint density at radius 1 is 1.25 bits per heavy atom. The molecule has 4 nitrogen and oxygen atoms in total. The largest absolute Gasteiger partial charge is 0.392 e. The van der Waals surface area contributed by atoms with Crippen LogP contribution in [0.2, 0.25) is 0 Å². The molecule has 0 aliphatic heterocycles. The van der Waals surface area contributed by atoms with E-state index in [0.29, 0.717) is 25.6 Å². The van der Waals surface area contributed by atoms with Crippen molar-refractivity contribution < 1.29 is 14.9 Å². The molecule has 0 spiro atoms. The van der Waals surface area contributed by atoms with E-state index in [4.69, 9.17) is 4.74 Å². The molecule has 0 heterocycles. The van der Waals surface area contributed by atoms with Crippen molar-refractivity contribution >= 4 is 0 Å². The summed E-state index contributed by atoms with van der Waals surface area (Å²) in [6.07, 6.45) is 1.74. The van der Waals surface area contributed by atoms with Crippen LogP contribution in [0.25, 0.3) is 0 Å². The van der Waals surface area contributed by atoms with Crippen molar-refractivity contribution in [1.29, 1.82) is 0 Å². The molecule has 0 aromatic rings. The predicted octanol–water partition coefficient (Wildman–Crippen LogP) is 0.475. The molecule has 4 heteroatoms. The quantitative estimate of drug-likeness (QED) is 0.638. The Balaban J connectivity index is 2.09. The third-order valence-corrected chi connectivity index (χ3v) is 2.81. The maximum absolute atomic E-state index is 9.74. The Labute approximate surface area is 98.2 Å². The van der Waals surface area contributed by atoms with E-state index >= 15 is 0 Å². The fourth-order valence-electron chi connectivity index (χ4n) is 1.74. The number of aliphatic hydroxyl groups excluding tert-OH is 2. The highest BCUT2D eigenvalue weighted by Crippen LogP contribution is 2.32. The summed E-state index contributed by atoms with van der Waals surface area (Å²) < 4.78 is 5.33. The van der Waals surface area contributed by atoms with Crippen LogP contribution in [0.5, 0.6) is 0 Å². The summed E-state index contributed by atoms with van der Waals surface area (Å²) in [5, 5.41) is 19.4. The number of nitrogens with zero attached hydrogens (tertiary/aromatic N) is 1. The highest BCUT2D eigenvalue weighted by molar-refractivity contribution is 4.82. The molecule has 1 rings (SSSR count). The second kappa shape index (κ2) is 6.55. The molecule has 96 valence electrons. The van der Waals surface area contributed by atoms with E-state index in [-0.39, 0.29) is 12.2 Å². The van der Waals surface area contributed by atoms with E-state index in [9.17, 15) is 10.2 Å². The van der Waals surface area contributed by atoms with Crippen LogP contribution < -0.4 is 0 Å². The van der Waals surface area contributed by atoms with Gasteiger partial charge in [0.2, 0.25) is 0 Å². The van der Waals surface area contributed by atoms with Gasteiger partial charge in [0, 0.05) is 13.1 Å². The van der Waals surface area contributed by atoms with Gasteiger partial charge in [-0.2, -0.15) is 0 Å². The summed E-state index contributed by atoms with van der Waals surface area (Å²) in [6, 6.07) is 0. The van der Waals surface area contributed by atoms with E-state index in [2.05, 4.69) is 0 Å². The molecular weight excluding hydrogens is 206 g/mol. The minimum atomic E-state index is -0.473. The summed E-state index contributed by atoms with van der Waals surface area (Å²) in [5.74, 6) is 0.492. The number of aliphatic hydroxyl groups is 2. The highest BCUT2D eigenvalue weighted by Gasteiger charge is 2.30. The lowest BCUT2D eigenvalue weighted by atomic mass is 10.2. The van der Waals surface area contributed by atoms with Crippen LogP contribution in [0.15, 0.2) is 0 Å². The average Bonchev–Trinajstić information content (AvgIpc) is 2.97. The second-order valence-electron chi connectivity index (χ2n) is 5.16. The zero-order valence-electron chi connectivity index (χ0n) is 10.6. The number of likely N-dealkylation sites (N-methyl/N-ethyl adjacent to an activating group) is 1. The fourth-order valence-corrected chi connectivity index (χ4v) is 1.74. The summed E-state index contributed by atoms with van der Waals surface area (Å²) in [5.41, 5.74) is 0. The van der Waals surface area contributed by atoms with Crippen molar-refractivity contribution in [3.05, 3.63) is 0 Å². The van der Waals surface area contributed by atoms with E-state index in [1.165, 1.54) is 0 Å². The fraction of sp³-hybridized carbons (Fsp3) is 1.00. The molecule has 0 amide bonds. The van der Waals surface area contributed by atoms with Crippen LogP contribution in [0, 0.1) is 5.92 Å². The van der Waals surface area contributed by atoms with Gasteiger partial charge in [0.25, 0.3) is 0 Å². The van der Waals surface area contributed by atoms with Crippen molar-refractivity contribution in [1.82, 2.24) is 4.90 Å². The van der Waals surface area contributed by atoms with Crippen LogP contribution in [0.1, 0.15) is 26.7 Å². The SMILES string of the molecule is CC(C)OCC(O)CN(C)CC(O)C1CC1. The highest BCUT2D eigenvalue weighted by atomic mass is 16.5. The first-order valence-corrected chi connectivity index (χ1v) is 6.15. The van der Waals surface area contributed by atoms with Crippen LogP contribution in [-0.2, 0) is 4.74 Å². The summed E-state index contributed by atoms with van der Waals surface area (Å²) in [4.78, 5) is 1.97. The van der Waals surface area contributed by atoms with Crippen molar-refractivity contribution in [3.63, 3.8) is 0 Å². The zero-order valence-corrected chi connectivity index (χ0v) is 10.6. The maximum atomic E-state index is 9.74. The maximum Gasteiger partial charge on any atom is 0.0900 e. The van der Waals surface area contributed by atoms with Crippen molar-refractivity contribution in [2.45, 2.75) is 45.0 Å². The van der Waals surface area contributed by atoms with Gasteiger partial charge in [-0.05, 0) is 39.7 Å². The molecule has 0 aromatic heterocycles. The topological polar surface area (TPSA) is 52.9 Å². The van der Waals surface area contributed by atoms with Crippen LogP contribution in [-0.4, -0.2) is 60.2 Å². The summed E-state index contributed by atoms with van der Waals surface area (Å²) in [6.45, 7) is 5.46. The molecule has 0 saturated heterocycles. The number of rotatable bonds is 8. The molecule has 1 aliphatic rings. The van der Waals surface area contributed by atoms with Crippen LogP contribution in [0.3, 0.4) is 0 Å². The van der Waals surface area contributed by atoms with Crippen molar-refractivity contribution in [2.24, 2.45) is 5.92 Å². The van der Waals surface area contributed by atoms with Crippen LogP contribution >= 0.6 is 0 Å². The number of hydrogen-bond acceptors (Lipinski definition) is 4. The van der Waals surface area contributed by atoms with E-state index < -0.39 is 6.10 Å². The Hall–Kier alpha value is -0.160. The van der Waals surface area contributed by atoms with Crippen LogP contribution in [0.4, 0.5) is 0 Å². The van der Waals surface area contributed by atoms with E-state index in [1.54, 1.807) is 0 Å². The molecule has 0 bridgehead atoms. The van der Waals surface area contributed by atoms with Gasteiger partial charge in [-0.25, -0.2) is 0 Å². The average molecular weight is 231 g/mol. The standard InChI is InChI=1S/C12H25NO3/c1-9(2)16-8-11(14)6-13(3)7-12(15)10-4-5-10/h9-12,14-15H,4-8H2,1-3H3. The molecule has 1 aliphatic carbocycles. The van der Waals surface area contributed by atoms with Gasteiger partial charge in [-0.1, -0.05) is 0 Å². The molecule has 0 radical (unpaired) electrons. The predicted molar refractivity (Wildman–Crippen MR) is 63.3 cm³/mol. The first-order valence-electron chi connectivity index (χ1n) is 6.15. The van der Waals surface area contributed by atoms with Crippen molar-refractivity contribution in [3.8, 4) is 0 Å². The monoisotopic (exact) mass is 231 g/mol. The Bertz CT molecular complexity index is 195. The van der Waals surface area contributed by atoms with E-state index in [1.807, 2.05) is 25.8 Å². The molecule has 2 atom stereocenters. The van der Waals surface area contributed by atoms with Gasteiger partial charge in [0.15, 0.2) is 0 Å².